The number of hydrogen-bond donors (Lipinski definition) is 1. The number of hydrogen-bond acceptors (Lipinski definition) is 6. The minimum Gasteiger partial charge on any atom is -0.497 e. The van der Waals surface area contributed by atoms with E-state index < -0.39 is 11.8 Å². The first-order chi connectivity index (χ1) is 10.1. The first-order valence-corrected chi connectivity index (χ1v) is 7.08. The number of halogens is 1. The van der Waals surface area contributed by atoms with Crippen LogP contribution in [0.15, 0.2) is 18.2 Å². The molecule has 1 aromatic heterocycles. The van der Waals surface area contributed by atoms with E-state index in [4.69, 9.17) is 9.47 Å². The van der Waals surface area contributed by atoms with E-state index in [0.717, 1.165) is 11.5 Å². The molecule has 0 aliphatic rings. The van der Waals surface area contributed by atoms with Gasteiger partial charge >= 0.3 is 5.97 Å². The van der Waals surface area contributed by atoms with Crippen LogP contribution in [0.25, 0.3) is 0 Å². The quantitative estimate of drug-likeness (QED) is 0.856. The molecule has 0 aliphatic heterocycles. The van der Waals surface area contributed by atoms with Crippen molar-refractivity contribution >= 4 is 28.2 Å². The summed E-state index contributed by atoms with van der Waals surface area (Å²) in [4.78, 5) is 11.9. The summed E-state index contributed by atoms with van der Waals surface area (Å²) in [5.74, 6) is -0.413. The van der Waals surface area contributed by atoms with Crippen LogP contribution in [0.4, 0.5) is 15.1 Å². The third-order valence-electron chi connectivity index (χ3n) is 2.76. The maximum Gasteiger partial charge on any atom is 0.343 e. The molecule has 0 bridgehead atoms. The van der Waals surface area contributed by atoms with Crippen molar-refractivity contribution in [3.05, 3.63) is 35.3 Å². The van der Waals surface area contributed by atoms with Crippen LogP contribution in [0.3, 0.4) is 0 Å². The minimum atomic E-state index is -0.477. The first kappa shape index (κ1) is 15.2. The highest BCUT2D eigenvalue weighted by atomic mass is 32.1. The number of anilines is 2. The van der Waals surface area contributed by atoms with E-state index in [1.807, 2.05) is 0 Å². The van der Waals surface area contributed by atoms with Crippen molar-refractivity contribution in [1.82, 2.24) is 4.37 Å². The van der Waals surface area contributed by atoms with Crippen molar-refractivity contribution in [2.75, 3.05) is 19.0 Å². The number of aromatic nitrogens is 1. The summed E-state index contributed by atoms with van der Waals surface area (Å²) >= 11 is 1.08. The van der Waals surface area contributed by atoms with E-state index in [2.05, 4.69) is 9.69 Å². The molecular formula is C14H15FN2O3S. The van der Waals surface area contributed by atoms with Crippen LogP contribution in [0.5, 0.6) is 5.75 Å². The molecule has 2 rings (SSSR count). The second-order valence-electron chi connectivity index (χ2n) is 4.16. The molecule has 0 atom stereocenters. The van der Waals surface area contributed by atoms with Gasteiger partial charge in [-0.3, -0.25) is 0 Å². The second kappa shape index (κ2) is 6.53. The van der Waals surface area contributed by atoms with Crippen LogP contribution in [0.1, 0.15) is 23.0 Å². The average Bonchev–Trinajstić information content (AvgIpc) is 2.82. The molecule has 21 heavy (non-hydrogen) atoms. The van der Waals surface area contributed by atoms with Gasteiger partial charge < -0.3 is 14.8 Å². The fourth-order valence-corrected chi connectivity index (χ4v) is 2.55. The van der Waals surface area contributed by atoms with E-state index in [9.17, 15) is 9.18 Å². The lowest BCUT2D eigenvalue weighted by Crippen LogP contribution is -2.08. The molecule has 1 heterocycles. The lowest BCUT2D eigenvalue weighted by atomic mass is 10.2. The Morgan fingerprint density at radius 1 is 1.48 bits per heavy atom. The van der Waals surface area contributed by atoms with Crippen LogP contribution < -0.4 is 10.1 Å². The van der Waals surface area contributed by atoms with Crippen LogP contribution in [-0.2, 0) is 4.74 Å². The molecule has 0 amide bonds. The number of benzene rings is 1. The van der Waals surface area contributed by atoms with Crippen molar-refractivity contribution in [2.45, 2.75) is 13.8 Å². The zero-order valence-corrected chi connectivity index (χ0v) is 12.7. The van der Waals surface area contributed by atoms with Crippen molar-refractivity contribution < 1.29 is 18.7 Å². The number of nitrogens with zero attached hydrogens (tertiary/aromatic N) is 1. The summed E-state index contributed by atoms with van der Waals surface area (Å²) in [7, 11) is 1.50. The lowest BCUT2D eigenvalue weighted by Gasteiger charge is -2.09. The van der Waals surface area contributed by atoms with Crippen LogP contribution >= 0.6 is 11.5 Å². The van der Waals surface area contributed by atoms with Gasteiger partial charge in [-0.1, -0.05) is 0 Å². The Bertz CT molecular complexity index is 658. The molecule has 0 unspecified atom stereocenters. The summed E-state index contributed by atoms with van der Waals surface area (Å²) in [5, 5.41) is 3.32. The summed E-state index contributed by atoms with van der Waals surface area (Å²) < 4.78 is 28.0. The number of nitrogens with one attached hydrogen (secondary N) is 1. The molecular weight excluding hydrogens is 295 g/mol. The largest absolute Gasteiger partial charge is 0.497 e. The minimum absolute atomic E-state index is 0.212. The van der Waals surface area contributed by atoms with E-state index in [1.165, 1.54) is 25.3 Å². The molecule has 2 aromatic rings. The summed E-state index contributed by atoms with van der Waals surface area (Å²) in [6.45, 7) is 3.69. The standard InChI is InChI=1S/C14H15FN2O3S/c1-4-20-14(18)12-8(2)17-21-13(12)16-11-7-9(19-3)5-6-10(11)15/h5-7,16H,4H2,1-3H3. The molecule has 1 N–H and O–H groups in total. The number of methoxy groups -OCH3 is 1. The third-order valence-corrected chi connectivity index (χ3v) is 3.62. The van der Waals surface area contributed by atoms with Gasteiger partial charge in [0.05, 0.1) is 25.1 Å². The molecule has 1 aromatic carbocycles. The SMILES string of the molecule is CCOC(=O)c1c(C)nsc1Nc1cc(OC)ccc1F. The molecule has 7 heteroatoms. The Labute approximate surface area is 125 Å². The maximum atomic E-state index is 13.8. The van der Waals surface area contributed by atoms with E-state index in [-0.39, 0.29) is 12.3 Å². The van der Waals surface area contributed by atoms with Gasteiger partial charge in [-0.05, 0) is 37.5 Å². The molecule has 0 aliphatic carbocycles. The summed E-state index contributed by atoms with van der Waals surface area (Å²) in [5.41, 5.74) is 1.08. The van der Waals surface area contributed by atoms with E-state index in [0.29, 0.717) is 22.0 Å². The highest BCUT2D eigenvalue weighted by Gasteiger charge is 2.20. The predicted molar refractivity (Wildman–Crippen MR) is 79.0 cm³/mol. The smallest absolute Gasteiger partial charge is 0.343 e. The van der Waals surface area contributed by atoms with Gasteiger partial charge in [-0.2, -0.15) is 4.37 Å². The van der Waals surface area contributed by atoms with Crippen LogP contribution in [0.2, 0.25) is 0 Å². The number of carbonyl (C=O) groups is 1. The van der Waals surface area contributed by atoms with E-state index >= 15 is 0 Å². The summed E-state index contributed by atoms with van der Waals surface area (Å²) in [6.07, 6.45) is 0. The fraction of sp³-hybridized carbons (Fsp3) is 0.286. The van der Waals surface area contributed by atoms with Crippen LogP contribution in [0, 0.1) is 12.7 Å². The van der Waals surface area contributed by atoms with Crippen molar-refractivity contribution in [3.8, 4) is 5.75 Å². The maximum absolute atomic E-state index is 13.8. The number of aryl methyl sites for hydroxylation is 1. The second-order valence-corrected chi connectivity index (χ2v) is 4.94. The van der Waals surface area contributed by atoms with Crippen molar-refractivity contribution in [2.24, 2.45) is 0 Å². The van der Waals surface area contributed by atoms with Crippen molar-refractivity contribution in [1.29, 1.82) is 0 Å². The van der Waals surface area contributed by atoms with Gasteiger partial charge in [0, 0.05) is 6.07 Å². The molecule has 0 saturated carbocycles. The molecule has 112 valence electrons. The topological polar surface area (TPSA) is 60.5 Å². The monoisotopic (exact) mass is 310 g/mol. The Morgan fingerprint density at radius 2 is 2.24 bits per heavy atom. The van der Waals surface area contributed by atoms with Gasteiger partial charge in [0.2, 0.25) is 0 Å². The number of rotatable bonds is 5. The third kappa shape index (κ3) is 3.30. The van der Waals surface area contributed by atoms with E-state index in [1.54, 1.807) is 13.8 Å². The zero-order valence-electron chi connectivity index (χ0n) is 11.9. The van der Waals surface area contributed by atoms with Crippen LogP contribution in [-0.4, -0.2) is 24.1 Å². The molecule has 0 saturated heterocycles. The fourth-order valence-electron chi connectivity index (χ4n) is 1.75. The first-order valence-electron chi connectivity index (χ1n) is 6.30. The van der Waals surface area contributed by atoms with Gasteiger partial charge in [0.1, 0.15) is 22.1 Å². The Hall–Kier alpha value is -2.15. The number of esters is 1. The molecule has 0 fully saturated rings. The molecule has 0 spiro atoms. The zero-order chi connectivity index (χ0) is 15.4. The number of carbonyl (C=O) groups excluding carboxylic acids is 1. The highest BCUT2D eigenvalue weighted by molar-refractivity contribution is 7.10. The van der Waals surface area contributed by atoms with Crippen molar-refractivity contribution in [3.63, 3.8) is 0 Å². The number of ether oxygens (including phenoxy) is 2. The molecule has 5 nitrogen and oxygen atoms in total. The Balaban J connectivity index is 2.34. The van der Waals surface area contributed by atoms with Gasteiger partial charge in [0.15, 0.2) is 0 Å². The van der Waals surface area contributed by atoms with Gasteiger partial charge in [0.25, 0.3) is 0 Å². The Kier molecular flexibility index (Phi) is 4.74. The van der Waals surface area contributed by atoms with Gasteiger partial charge in [-0.25, -0.2) is 9.18 Å². The Morgan fingerprint density at radius 3 is 2.90 bits per heavy atom. The molecule has 0 radical (unpaired) electrons. The summed E-state index contributed by atoms with van der Waals surface area (Å²) in [6, 6.07) is 4.32. The highest BCUT2D eigenvalue weighted by Crippen LogP contribution is 2.31. The van der Waals surface area contributed by atoms with Gasteiger partial charge in [-0.15, -0.1) is 0 Å². The predicted octanol–water partition coefficient (Wildman–Crippen LogP) is 3.52. The average molecular weight is 310 g/mol. The normalized spacial score (nSPS) is 10.3. The lowest BCUT2D eigenvalue weighted by molar-refractivity contribution is 0.0527.